The monoisotopic (exact) mass is 383 g/mol. The molecule has 0 saturated carbocycles. The Morgan fingerprint density at radius 3 is 2.58 bits per heavy atom. The van der Waals surface area contributed by atoms with Crippen molar-refractivity contribution < 1.29 is 27.5 Å². The molecule has 0 aromatic heterocycles. The van der Waals surface area contributed by atoms with E-state index < -0.39 is 27.9 Å². The molecule has 9 nitrogen and oxygen atoms in total. The van der Waals surface area contributed by atoms with Crippen LogP contribution in [0.15, 0.2) is 29.2 Å². The van der Waals surface area contributed by atoms with Gasteiger partial charge in [-0.15, -0.1) is 0 Å². The molecule has 0 radical (unpaired) electrons. The van der Waals surface area contributed by atoms with E-state index in [0.29, 0.717) is 26.2 Å². The predicted molar refractivity (Wildman–Crippen MR) is 90.6 cm³/mol. The van der Waals surface area contributed by atoms with Gasteiger partial charge in [-0.3, -0.25) is 20.4 Å². The molecule has 2 fully saturated rings. The number of rotatable bonds is 4. The first-order valence-electron chi connectivity index (χ1n) is 8.38. The van der Waals surface area contributed by atoms with Gasteiger partial charge < -0.3 is 9.47 Å². The highest BCUT2D eigenvalue weighted by molar-refractivity contribution is 7.89. The third-order valence-electron chi connectivity index (χ3n) is 4.23. The Bertz CT molecular complexity index is 770. The zero-order valence-electron chi connectivity index (χ0n) is 14.1. The van der Waals surface area contributed by atoms with Gasteiger partial charge >= 0.3 is 0 Å². The number of carbonyl (C=O) groups is 2. The summed E-state index contributed by atoms with van der Waals surface area (Å²) < 4.78 is 37.0. The van der Waals surface area contributed by atoms with E-state index in [0.717, 1.165) is 6.42 Å². The van der Waals surface area contributed by atoms with E-state index in [1.54, 1.807) is 0 Å². The minimum atomic E-state index is -3.70. The van der Waals surface area contributed by atoms with Crippen LogP contribution in [0, 0.1) is 0 Å². The molecule has 2 amide bonds. The second kappa shape index (κ2) is 8.12. The summed E-state index contributed by atoms with van der Waals surface area (Å²) >= 11 is 0. The normalized spacial score (nSPS) is 21.3. The molecule has 0 aliphatic carbocycles. The summed E-state index contributed by atoms with van der Waals surface area (Å²) in [6.07, 6.45) is 0.839. The van der Waals surface area contributed by atoms with Crippen LogP contribution < -0.4 is 10.9 Å². The van der Waals surface area contributed by atoms with Crippen molar-refractivity contribution in [1.82, 2.24) is 15.2 Å². The number of carbonyl (C=O) groups excluding carboxylic acids is 2. The molecule has 142 valence electrons. The van der Waals surface area contributed by atoms with E-state index in [2.05, 4.69) is 10.9 Å². The van der Waals surface area contributed by atoms with Crippen molar-refractivity contribution in [1.29, 1.82) is 0 Å². The van der Waals surface area contributed by atoms with Crippen LogP contribution in [0.2, 0.25) is 0 Å². The predicted octanol–water partition coefficient (Wildman–Crippen LogP) is -0.352. The molecule has 10 heteroatoms. The number of ether oxygens (including phenoxy) is 2. The Kier molecular flexibility index (Phi) is 5.87. The average Bonchev–Trinajstić information content (AvgIpc) is 3.21. The highest BCUT2D eigenvalue weighted by Crippen LogP contribution is 2.18. The number of nitrogens with zero attached hydrogens (tertiary/aromatic N) is 1. The lowest BCUT2D eigenvalue weighted by Crippen LogP contribution is -2.46. The number of amides is 2. The van der Waals surface area contributed by atoms with Crippen molar-refractivity contribution in [3.8, 4) is 0 Å². The Morgan fingerprint density at radius 1 is 1.12 bits per heavy atom. The fourth-order valence-electron chi connectivity index (χ4n) is 2.79. The summed E-state index contributed by atoms with van der Waals surface area (Å²) in [6, 6.07) is 5.70. The van der Waals surface area contributed by atoms with Crippen LogP contribution in [0.1, 0.15) is 23.2 Å². The first-order chi connectivity index (χ1) is 12.5. The maximum Gasteiger partial charge on any atom is 0.269 e. The SMILES string of the molecule is O=C(NNC(=O)C1CCCO1)c1cccc(S(=O)(=O)N2CCOCC2)c1. The summed E-state index contributed by atoms with van der Waals surface area (Å²) in [4.78, 5) is 24.1. The van der Waals surface area contributed by atoms with Gasteiger partial charge in [0.2, 0.25) is 10.0 Å². The summed E-state index contributed by atoms with van der Waals surface area (Å²) in [5.41, 5.74) is 4.72. The van der Waals surface area contributed by atoms with Crippen LogP contribution in [-0.2, 0) is 24.3 Å². The number of sulfonamides is 1. The Labute approximate surface area is 151 Å². The van der Waals surface area contributed by atoms with Crippen molar-refractivity contribution in [3.05, 3.63) is 29.8 Å². The van der Waals surface area contributed by atoms with Gasteiger partial charge in [0, 0.05) is 25.3 Å². The molecule has 1 unspecified atom stereocenters. The average molecular weight is 383 g/mol. The summed E-state index contributed by atoms with van der Waals surface area (Å²) in [5, 5.41) is 0. The molecule has 0 bridgehead atoms. The molecule has 1 aromatic carbocycles. The zero-order valence-corrected chi connectivity index (χ0v) is 15.0. The Balaban J connectivity index is 1.66. The maximum absolute atomic E-state index is 12.7. The molecule has 2 aliphatic heterocycles. The van der Waals surface area contributed by atoms with E-state index >= 15 is 0 Å². The lowest BCUT2D eigenvalue weighted by atomic mass is 10.2. The van der Waals surface area contributed by atoms with E-state index in [-0.39, 0.29) is 23.5 Å². The van der Waals surface area contributed by atoms with E-state index in [9.17, 15) is 18.0 Å². The molecule has 1 atom stereocenters. The lowest BCUT2D eigenvalue weighted by molar-refractivity contribution is -0.130. The topological polar surface area (TPSA) is 114 Å². The first kappa shape index (κ1) is 18.8. The molecule has 2 heterocycles. The van der Waals surface area contributed by atoms with Gasteiger partial charge in [0.05, 0.1) is 18.1 Å². The Hall–Kier alpha value is -2.01. The van der Waals surface area contributed by atoms with Gasteiger partial charge in [0.25, 0.3) is 11.8 Å². The van der Waals surface area contributed by atoms with Crippen molar-refractivity contribution in [3.63, 3.8) is 0 Å². The molecule has 2 saturated heterocycles. The third kappa shape index (κ3) is 4.21. The fraction of sp³-hybridized carbons (Fsp3) is 0.500. The quantitative estimate of drug-likeness (QED) is 0.687. The van der Waals surface area contributed by atoms with Gasteiger partial charge in [-0.2, -0.15) is 4.31 Å². The van der Waals surface area contributed by atoms with Crippen LogP contribution in [-0.4, -0.2) is 63.6 Å². The fourth-order valence-corrected chi connectivity index (χ4v) is 4.24. The number of nitrogens with one attached hydrogen (secondary N) is 2. The molecular formula is C16H21N3O6S. The van der Waals surface area contributed by atoms with Gasteiger partial charge in [-0.1, -0.05) is 6.07 Å². The van der Waals surface area contributed by atoms with Crippen LogP contribution in [0.3, 0.4) is 0 Å². The lowest BCUT2D eigenvalue weighted by Gasteiger charge is -2.26. The Morgan fingerprint density at radius 2 is 1.88 bits per heavy atom. The van der Waals surface area contributed by atoms with Gasteiger partial charge in [0.1, 0.15) is 6.10 Å². The standard InChI is InChI=1S/C16H21N3O6S/c20-15(17-18-16(21)14-5-2-8-25-14)12-3-1-4-13(11-12)26(22,23)19-6-9-24-10-7-19/h1,3-4,11,14H,2,5-10H2,(H,17,20)(H,18,21). The van der Waals surface area contributed by atoms with Gasteiger partial charge in [-0.05, 0) is 31.0 Å². The summed E-state index contributed by atoms with van der Waals surface area (Å²) in [7, 11) is -3.70. The van der Waals surface area contributed by atoms with Crippen LogP contribution in [0.4, 0.5) is 0 Å². The molecule has 0 spiro atoms. The number of benzene rings is 1. The van der Waals surface area contributed by atoms with Crippen LogP contribution >= 0.6 is 0 Å². The maximum atomic E-state index is 12.7. The minimum absolute atomic E-state index is 0.0255. The van der Waals surface area contributed by atoms with E-state index in [1.165, 1.54) is 28.6 Å². The highest BCUT2D eigenvalue weighted by atomic mass is 32.2. The van der Waals surface area contributed by atoms with Gasteiger partial charge in [-0.25, -0.2) is 8.42 Å². The molecule has 26 heavy (non-hydrogen) atoms. The summed E-state index contributed by atoms with van der Waals surface area (Å²) in [6.45, 7) is 1.75. The largest absolute Gasteiger partial charge is 0.379 e. The summed E-state index contributed by atoms with van der Waals surface area (Å²) in [5.74, 6) is -1.02. The molecule has 1 aromatic rings. The number of hydrogen-bond donors (Lipinski definition) is 2. The zero-order chi connectivity index (χ0) is 18.6. The van der Waals surface area contributed by atoms with Gasteiger partial charge in [0.15, 0.2) is 0 Å². The van der Waals surface area contributed by atoms with Crippen LogP contribution in [0.5, 0.6) is 0 Å². The smallest absolute Gasteiger partial charge is 0.269 e. The molecule has 2 N–H and O–H groups in total. The first-order valence-corrected chi connectivity index (χ1v) is 9.82. The second-order valence-electron chi connectivity index (χ2n) is 5.99. The van der Waals surface area contributed by atoms with Crippen LogP contribution in [0.25, 0.3) is 0 Å². The third-order valence-corrected chi connectivity index (χ3v) is 6.12. The molecular weight excluding hydrogens is 362 g/mol. The minimum Gasteiger partial charge on any atom is -0.379 e. The molecule has 2 aliphatic rings. The van der Waals surface area contributed by atoms with Crippen molar-refractivity contribution in [2.24, 2.45) is 0 Å². The van der Waals surface area contributed by atoms with E-state index in [1.807, 2.05) is 0 Å². The number of hydrogen-bond acceptors (Lipinski definition) is 6. The highest BCUT2D eigenvalue weighted by Gasteiger charge is 2.27. The van der Waals surface area contributed by atoms with E-state index in [4.69, 9.17) is 9.47 Å². The number of hydrazine groups is 1. The number of morpholine rings is 1. The molecule has 3 rings (SSSR count). The van der Waals surface area contributed by atoms with Crippen molar-refractivity contribution in [2.75, 3.05) is 32.9 Å². The van der Waals surface area contributed by atoms with Crippen molar-refractivity contribution >= 4 is 21.8 Å². The second-order valence-corrected chi connectivity index (χ2v) is 7.93. The van der Waals surface area contributed by atoms with Crippen molar-refractivity contribution in [2.45, 2.75) is 23.8 Å².